The van der Waals surface area contributed by atoms with Crippen molar-refractivity contribution in [1.82, 2.24) is 15.3 Å². The van der Waals surface area contributed by atoms with Crippen molar-refractivity contribution in [3.8, 4) is 0 Å². The van der Waals surface area contributed by atoms with Gasteiger partial charge in [-0.15, -0.1) is 0 Å². The van der Waals surface area contributed by atoms with Crippen LogP contribution in [0, 0.1) is 0 Å². The Balaban J connectivity index is 2.67. The number of carbonyl (C=O) groups excluding carboxylic acids is 1. The van der Waals surface area contributed by atoms with Gasteiger partial charge in [0.1, 0.15) is 5.65 Å². The minimum absolute atomic E-state index is 0.0907. The van der Waals surface area contributed by atoms with E-state index in [-0.39, 0.29) is 5.91 Å². The summed E-state index contributed by atoms with van der Waals surface area (Å²) in [4.78, 5) is 18.4. The molecule has 0 bridgehead atoms. The molecule has 66 valence electrons. The van der Waals surface area contributed by atoms with Gasteiger partial charge in [0.05, 0.1) is 5.56 Å². The van der Waals surface area contributed by atoms with Crippen molar-refractivity contribution < 1.29 is 4.79 Å². The maximum atomic E-state index is 11.4. The predicted molar refractivity (Wildman–Crippen MR) is 49.5 cm³/mol. The normalized spacial score (nSPS) is 10.2. The molecule has 0 saturated heterocycles. The Hall–Kier alpha value is -1.84. The third kappa shape index (κ3) is 1.16. The first-order valence-electron chi connectivity index (χ1n) is 3.97. The molecule has 0 aliphatic rings. The van der Waals surface area contributed by atoms with E-state index in [2.05, 4.69) is 15.3 Å². The van der Waals surface area contributed by atoms with Crippen molar-refractivity contribution in [2.75, 3.05) is 7.05 Å². The lowest BCUT2D eigenvalue weighted by atomic mass is 10.2. The molecule has 0 radical (unpaired) electrons. The summed E-state index contributed by atoms with van der Waals surface area (Å²) in [6, 6.07) is 3.54. The van der Waals surface area contributed by atoms with Crippen LogP contribution in [-0.2, 0) is 0 Å². The fraction of sp³-hybridized carbons (Fsp3) is 0.111. The number of rotatable bonds is 1. The fourth-order valence-electron chi connectivity index (χ4n) is 1.29. The van der Waals surface area contributed by atoms with E-state index in [0.29, 0.717) is 5.56 Å². The average molecular weight is 175 g/mol. The molecule has 2 aromatic heterocycles. The average Bonchev–Trinajstić information content (AvgIpc) is 2.63. The smallest absolute Gasteiger partial charge is 0.251 e. The van der Waals surface area contributed by atoms with Gasteiger partial charge in [-0.2, -0.15) is 0 Å². The number of fused-ring (bicyclic) bond motifs is 1. The minimum atomic E-state index is -0.0907. The predicted octanol–water partition coefficient (Wildman–Crippen LogP) is 0.923. The third-order valence-electron chi connectivity index (χ3n) is 1.93. The molecule has 13 heavy (non-hydrogen) atoms. The molecule has 2 rings (SSSR count). The standard InChI is InChI=1S/C9H9N3O/c1-10-9(13)7-3-5-12-8-6(7)2-4-11-8/h2-5H,1H3,(H,10,13)(H,11,12). The SMILES string of the molecule is CNC(=O)c1ccnc2[nH]ccc12. The molecule has 2 N–H and O–H groups in total. The highest BCUT2D eigenvalue weighted by molar-refractivity contribution is 6.05. The number of nitrogens with zero attached hydrogens (tertiary/aromatic N) is 1. The van der Waals surface area contributed by atoms with Gasteiger partial charge in [-0.1, -0.05) is 0 Å². The second kappa shape index (κ2) is 2.90. The summed E-state index contributed by atoms with van der Waals surface area (Å²) >= 11 is 0. The highest BCUT2D eigenvalue weighted by Crippen LogP contribution is 2.14. The number of H-pyrrole nitrogens is 1. The van der Waals surface area contributed by atoms with E-state index in [4.69, 9.17) is 0 Å². The molecule has 2 aromatic rings. The number of hydrogen-bond donors (Lipinski definition) is 2. The van der Waals surface area contributed by atoms with E-state index in [1.54, 1.807) is 25.5 Å². The Morgan fingerprint density at radius 2 is 2.38 bits per heavy atom. The number of amides is 1. The number of pyridine rings is 1. The first-order chi connectivity index (χ1) is 6.33. The Morgan fingerprint density at radius 1 is 1.54 bits per heavy atom. The molecule has 0 aromatic carbocycles. The topological polar surface area (TPSA) is 57.8 Å². The maximum absolute atomic E-state index is 11.4. The van der Waals surface area contributed by atoms with Gasteiger partial charge in [0, 0.05) is 24.8 Å². The van der Waals surface area contributed by atoms with E-state index in [1.807, 2.05) is 6.07 Å². The van der Waals surface area contributed by atoms with Gasteiger partial charge in [-0.3, -0.25) is 4.79 Å². The lowest BCUT2D eigenvalue weighted by molar-refractivity contribution is 0.0964. The lowest BCUT2D eigenvalue weighted by Crippen LogP contribution is -2.17. The highest BCUT2D eigenvalue weighted by Gasteiger charge is 2.08. The van der Waals surface area contributed by atoms with Crippen LogP contribution < -0.4 is 5.32 Å². The summed E-state index contributed by atoms with van der Waals surface area (Å²) in [5.74, 6) is -0.0907. The summed E-state index contributed by atoms with van der Waals surface area (Å²) in [5.41, 5.74) is 1.38. The largest absolute Gasteiger partial charge is 0.355 e. The molecule has 0 saturated carbocycles. The summed E-state index contributed by atoms with van der Waals surface area (Å²) in [6.45, 7) is 0. The molecule has 4 nitrogen and oxygen atoms in total. The van der Waals surface area contributed by atoms with Crippen LogP contribution in [0.3, 0.4) is 0 Å². The second-order valence-electron chi connectivity index (χ2n) is 2.68. The van der Waals surface area contributed by atoms with Crippen molar-refractivity contribution in [1.29, 1.82) is 0 Å². The molecule has 4 heteroatoms. The van der Waals surface area contributed by atoms with Crippen LogP contribution in [0.5, 0.6) is 0 Å². The van der Waals surface area contributed by atoms with Gasteiger partial charge < -0.3 is 10.3 Å². The first-order valence-corrected chi connectivity index (χ1v) is 3.97. The van der Waals surface area contributed by atoms with Crippen LogP contribution in [0.25, 0.3) is 11.0 Å². The number of aromatic amines is 1. The van der Waals surface area contributed by atoms with E-state index in [0.717, 1.165) is 11.0 Å². The Labute approximate surface area is 75.0 Å². The van der Waals surface area contributed by atoms with Gasteiger partial charge in [-0.25, -0.2) is 4.98 Å². The van der Waals surface area contributed by atoms with E-state index >= 15 is 0 Å². The Kier molecular flexibility index (Phi) is 1.73. The molecular formula is C9H9N3O. The zero-order valence-electron chi connectivity index (χ0n) is 7.16. The Bertz CT molecular complexity index is 447. The van der Waals surface area contributed by atoms with Crippen LogP contribution in [0.2, 0.25) is 0 Å². The molecule has 2 heterocycles. The fourth-order valence-corrected chi connectivity index (χ4v) is 1.29. The monoisotopic (exact) mass is 175 g/mol. The molecule has 0 atom stereocenters. The van der Waals surface area contributed by atoms with E-state index < -0.39 is 0 Å². The van der Waals surface area contributed by atoms with Crippen LogP contribution in [0.4, 0.5) is 0 Å². The van der Waals surface area contributed by atoms with Crippen LogP contribution >= 0.6 is 0 Å². The van der Waals surface area contributed by atoms with Gasteiger partial charge in [-0.05, 0) is 12.1 Å². The summed E-state index contributed by atoms with van der Waals surface area (Å²) in [7, 11) is 1.61. The summed E-state index contributed by atoms with van der Waals surface area (Å²) in [5, 5.41) is 3.43. The van der Waals surface area contributed by atoms with Gasteiger partial charge in [0.15, 0.2) is 0 Å². The molecule has 0 fully saturated rings. The van der Waals surface area contributed by atoms with Crippen molar-refractivity contribution in [2.24, 2.45) is 0 Å². The quantitative estimate of drug-likeness (QED) is 0.677. The number of nitrogens with one attached hydrogen (secondary N) is 2. The zero-order valence-corrected chi connectivity index (χ0v) is 7.16. The second-order valence-corrected chi connectivity index (χ2v) is 2.68. The summed E-state index contributed by atoms with van der Waals surface area (Å²) < 4.78 is 0. The third-order valence-corrected chi connectivity index (χ3v) is 1.93. The highest BCUT2D eigenvalue weighted by atomic mass is 16.1. The number of hydrogen-bond acceptors (Lipinski definition) is 2. The zero-order chi connectivity index (χ0) is 9.26. The van der Waals surface area contributed by atoms with Crippen LogP contribution in [-0.4, -0.2) is 22.9 Å². The van der Waals surface area contributed by atoms with E-state index in [9.17, 15) is 4.79 Å². The van der Waals surface area contributed by atoms with Crippen LogP contribution in [0.1, 0.15) is 10.4 Å². The molecule has 0 aliphatic heterocycles. The van der Waals surface area contributed by atoms with E-state index in [1.165, 1.54) is 0 Å². The Morgan fingerprint density at radius 3 is 3.15 bits per heavy atom. The van der Waals surface area contributed by atoms with Crippen molar-refractivity contribution in [3.05, 3.63) is 30.1 Å². The van der Waals surface area contributed by atoms with Crippen molar-refractivity contribution >= 4 is 16.9 Å². The first kappa shape index (κ1) is 7.79. The minimum Gasteiger partial charge on any atom is -0.355 e. The molecule has 0 aliphatic carbocycles. The van der Waals surface area contributed by atoms with Gasteiger partial charge in [0.2, 0.25) is 0 Å². The number of carbonyl (C=O) groups is 1. The number of aromatic nitrogens is 2. The van der Waals surface area contributed by atoms with Gasteiger partial charge in [0.25, 0.3) is 5.91 Å². The molecule has 1 amide bonds. The molecule has 0 unspecified atom stereocenters. The molecular weight excluding hydrogens is 166 g/mol. The summed E-state index contributed by atoms with van der Waals surface area (Å²) in [6.07, 6.45) is 3.38. The van der Waals surface area contributed by atoms with Crippen LogP contribution in [0.15, 0.2) is 24.5 Å². The van der Waals surface area contributed by atoms with Crippen molar-refractivity contribution in [2.45, 2.75) is 0 Å². The van der Waals surface area contributed by atoms with Crippen molar-refractivity contribution in [3.63, 3.8) is 0 Å². The lowest BCUT2D eigenvalue weighted by Gasteiger charge is -1.99. The maximum Gasteiger partial charge on any atom is 0.251 e. The molecule has 0 spiro atoms. The van der Waals surface area contributed by atoms with Gasteiger partial charge >= 0.3 is 0 Å².